The molecule has 0 radical (unpaired) electrons. The molecule has 1 aromatic carbocycles. The van der Waals surface area contributed by atoms with E-state index in [2.05, 4.69) is 4.72 Å². The number of nitrogens with one attached hydrogen (secondary N) is 1. The number of unbranched alkanes of at least 4 members (excludes halogenated alkanes) is 1. The molecule has 0 aromatic heterocycles. The fraction of sp³-hybridized carbons (Fsp3) is 0.455. The van der Waals surface area contributed by atoms with Crippen molar-refractivity contribution in [2.24, 2.45) is 5.14 Å². The van der Waals surface area contributed by atoms with Crippen molar-refractivity contribution in [3.05, 3.63) is 23.8 Å². The highest BCUT2D eigenvalue weighted by Gasteiger charge is 2.17. The first-order valence-corrected chi connectivity index (χ1v) is 9.00. The summed E-state index contributed by atoms with van der Waals surface area (Å²) in [5.74, 6) is 0.00252. The quantitative estimate of drug-likeness (QED) is 0.823. The van der Waals surface area contributed by atoms with E-state index in [1.165, 1.54) is 25.1 Å². The molecule has 0 saturated heterocycles. The zero-order valence-corrected chi connectivity index (χ0v) is 12.5. The summed E-state index contributed by atoms with van der Waals surface area (Å²) in [7, 11) is -7.33. The maximum Gasteiger partial charge on any atom is 0.238 e. The second-order valence-electron chi connectivity index (χ2n) is 4.25. The largest absolute Gasteiger partial charge is 0.283 e. The summed E-state index contributed by atoms with van der Waals surface area (Å²) >= 11 is 0. The number of benzene rings is 1. The zero-order chi connectivity index (χ0) is 14.7. The van der Waals surface area contributed by atoms with Crippen molar-refractivity contribution >= 4 is 25.7 Å². The van der Waals surface area contributed by atoms with Crippen LogP contribution in [0.5, 0.6) is 0 Å². The average Bonchev–Trinajstić information content (AvgIpc) is 2.27. The van der Waals surface area contributed by atoms with Crippen LogP contribution >= 0.6 is 0 Å². The molecule has 1 rings (SSSR count). The molecule has 0 unspecified atom stereocenters. The highest BCUT2D eigenvalue weighted by molar-refractivity contribution is 7.92. The van der Waals surface area contributed by atoms with E-state index in [9.17, 15) is 16.8 Å². The summed E-state index contributed by atoms with van der Waals surface area (Å²) in [6.45, 7) is 3.40. The van der Waals surface area contributed by atoms with Gasteiger partial charge in [-0.25, -0.2) is 22.0 Å². The van der Waals surface area contributed by atoms with Gasteiger partial charge in [0.1, 0.15) is 0 Å². The Labute approximate surface area is 114 Å². The second-order valence-corrected chi connectivity index (χ2v) is 7.62. The summed E-state index contributed by atoms with van der Waals surface area (Å²) in [5.41, 5.74) is 0.535. The Morgan fingerprint density at radius 3 is 2.37 bits per heavy atom. The van der Waals surface area contributed by atoms with Gasteiger partial charge >= 0.3 is 0 Å². The third-order valence-corrected chi connectivity index (χ3v) is 5.04. The van der Waals surface area contributed by atoms with Crippen molar-refractivity contribution in [1.29, 1.82) is 0 Å². The Balaban J connectivity index is 3.11. The molecule has 6 nitrogen and oxygen atoms in total. The summed E-state index contributed by atoms with van der Waals surface area (Å²) in [6, 6.07) is 4.30. The van der Waals surface area contributed by atoms with E-state index in [1.807, 2.05) is 6.92 Å². The van der Waals surface area contributed by atoms with E-state index in [-0.39, 0.29) is 16.3 Å². The second kappa shape index (κ2) is 5.89. The fourth-order valence-corrected chi connectivity index (χ4v) is 3.72. The topological polar surface area (TPSA) is 106 Å². The predicted molar refractivity (Wildman–Crippen MR) is 74.9 cm³/mol. The molecule has 0 amide bonds. The van der Waals surface area contributed by atoms with Gasteiger partial charge in [-0.1, -0.05) is 19.4 Å². The summed E-state index contributed by atoms with van der Waals surface area (Å²) in [6.07, 6.45) is 1.31. The van der Waals surface area contributed by atoms with Crippen LogP contribution in [0.1, 0.15) is 25.3 Å². The molecule has 0 heterocycles. The lowest BCUT2D eigenvalue weighted by Gasteiger charge is -2.12. The van der Waals surface area contributed by atoms with Crippen LogP contribution in [-0.2, 0) is 20.0 Å². The number of hydrogen-bond donors (Lipinski definition) is 2. The Bertz CT molecular complexity index is 651. The van der Waals surface area contributed by atoms with Gasteiger partial charge in [-0.3, -0.25) is 4.72 Å². The third-order valence-electron chi connectivity index (χ3n) is 2.62. The number of sulfonamides is 2. The predicted octanol–water partition coefficient (Wildman–Crippen LogP) is 1.18. The normalized spacial score (nSPS) is 12.4. The van der Waals surface area contributed by atoms with Gasteiger partial charge in [0.15, 0.2) is 0 Å². The molecule has 19 heavy (non-hydrogen) atoms. The van der Waals surface area contributed by atoms with Crippen LogP contribution in [0.25, 0.3) is 0 Å². The van der Waals surface area contributed by atoms with Crippen LogP contribution in [0.3, 0.4) is 0 Å². The first kappa shape index (κ1) is 15.9. The van der Waals surface area contributed by atoms with E-state index in [4.69, 9.17) is 5.14 Å². The molecule has 0 aliphatic rings. The minimum absolute atomic E-state index is 0.00252. The van der Waals surface area contributed by atoms with Crippen LogP contribution in [0.15, 0.2) is 23.1 Å². The Hall–Kier alpha value is -1.12. The molecule has 0 aliphatic heterocycles. The molecule has 0 saturated carbocycles. The molecule has 0 spiro atoms. The SMILES string of the molecule is CCCCS(=O)(=O)Nc1cccc(S(N)(=O)=O)c1C. The average molecular weight is 306 g/mol. The van der Waals surface area contributed by atoms with Gasteiger partial charge in [0.2, 0.25) is 20.0 Å². The van der Waals surface area contributed by atoms with E-state index in [0.29, 0.717) is 12.0 Å². The molecule has 0 aliphatic carbocycles. The number of hydrogen-bond acceptors (Lipinski definition) is 4. The minimum atomic E-state index is -3.86. The summed E-state index contributed by atoms with van der Waals surface area (Å²) in [5, 5.41) is 5.07. The smallest absolute Gasteiger partial charge is 0.238 e. The zero-order valence-electron chi connectivity index (χ0n) is 10.9. The standard InChI is InChI=1S/C11H18N2O4S2/c1-3-4-8-18(14,15)13-10-6-5-7-11(9(10)2)19(12,16)17/h5-7,13H,3-4,8H2,1-2H3,(H2,12,16,17). The van der Waals surface area contributed by atoms with Crippen LogP contribution in [-0.4, -0.2) is 22.6 Å². The molecule has 3 N–H and O–H groups in total. The highest BCUT2D eigenvalue weighted by Crippen LogP contribution is 2.23. The van der Waals surface area contributed by atoms with Crippen LogP contribution in [0, 0.1) is 6.92 Å². The van der Waals surface area contributed by atoms with E-state index < -0.39 is 20.0 Å². The van der Waals surface area contributed by atoms with Gasteiger partial charge in [-0.05, 0) is 31.0 Å². The van der Waals surface area contributed by atoms with Crippen LogP contribution in [0.4, 0.5) is 5.69 Å². The summed E-state index contributed by atoms with van der Waals surface area (Å²) in [4.78, 5) is -0.0804. The number of anilines is 1. The van der Waals surface area contributed by atoms with Crippen molar-refractivity contribution < 1.29 is 16.8 Å². The van der Waals surface area contributed by atoms with Gasteiger partial charge in [-0.2, -0.15) is 0 Å². The maximum absolute atomic E-state index is 11.8. The maximum atomic E-state index is 11.8. The number of rotatable bonds is 6. The van der Waals surface area contributed by atoms with E-state index in [0.717, 1.165) is 6.42 Å². The van der Waals surface area contributed by atoms with Crippen molar-refractivity contribution in [1.82, 2.24) is 0 Å². The molecule has 0 fully saturated rings. The Morgan fingerprint density at radius 1 is 1.21 bits per heavy atom. The number of nitrogens with two attached hydrogens (primary N) is 1. The first-order valence-electron chi connectivity index (χ1n) is 5.80. The third kappa shape index (κ3) is 4.48. The molecule has 108 valence electrons. The molecular weight excluding hydrogens is 288 g/mol. The van der Waals surface area contributed by atoms with E-state index >= 15 is 0 Å². The molecule has 8 heteroatoms. The highest BCUT2D eigenvalue weighted by atomic mass is 32.2. The monoisotopic (exact) mass is 306 g/mol. The molecule has 1 aromatic rings. The van der Waals surface area contributed by atoms with Gasteiger partial charge in [0, 0.05) is 0 Å². The van der Waals surface area contributed by atoms with Gasteiger partial charge in [-0.15, -0.1) is 0 Å². The van der Waals surface area contributed by atoms with Crippen molar-refractivity contribution in [2.45, 2.75) is 31.6 Å². The lowest BCUT2D eigenvalue weighted by atomic mass is 10.2. The van der Waals surface area contributed by atoms with Crippen LogP contribution in [0.2, 0.25) is 0 Å². The summed E-state index contributed by atoms with van der Waals surface area (Å²) < 4.78 is 48.6. The van der Waals surface area contributed by atoms with E-state index in [1.54, 1.807) is 0 Å². The lowest BCUT2D eigenvalue weighted by molar-refractivity contribution is 0.594. The number of primary sulfonamides is 1. The minimum Gasteiger partial charge on any atom is -0.283 e. The van der Waals surface area contributed by atoms with Crippen molar-refractivity contribution in [2.75, 3.05) is 10.5 Å². The first-order chi connectivity index (χ1) is 8.67. The molecule has 0 bridgehead atoms. The lowest BCUT2D eigenvalue weighted by Crippen LogP contribution is -2.19. The molecule has 0 atom stereocenters. The Kier molecular flexibility index (Phi) is 4.94. The molecular formula is C11H18N2O4S2. The van der Waals surface area contributed by atoms with Gasteiger partial charge in [0.25, 0.3) is 0 Å². The van der Waals surface area contributed by atoms with Crippen molar-refractivity contribution in [3.8, 4) is 0 Å². The van der Waals surface area contributed by atoms with Crippen LogP contribution < -0.4 is 9.86 Å². The Morgan fingerprint density at radius 2 is 1.84 bits per heavy atom. The van der Waals surface area contributed by atoms with Crippen molar-refractivity contribution in [3.63, 3.8) is 0 Å². The fourth-order valence-electron chi connectivity index (χ4n) is 1.59. The van der Waals surface area contributed by atoms with Gasteiger partial charge < -0.3 is 0 Å². The van der Waals surface area contributed by atoms with Gasteiger partial charge in [0.05, 0.1) is 16.3 Å².